The Morgan fingerprint density at radius 2 is 1.68 bits per heavy atom. The molecule has 1 N–H and O–H groups in total. The SMILES string of the molecule is CCCCN(CCCC)CCNc1ncnc(N2CCN(c3ccccc3F)CC2)c1[N+](=O)[O-]. The van der Waals surface area contributed by atoms with Gasteiger partial charge in [-0.1, -0.05) is 38.8 Å². The van der Waals surface area contributed by atoms with Crippen molar-refractivity contribution in [3.05, 3.63) is 46.5 Å². The molecule has 10 heteroatoms. The lowest BCUT2D eigenvalue weighted by Crippen LogP contribution is -2.47. The third-order valence-corrected chi connectivity index (χ3v) is 6.13. The largest absolute Gasteiger partial charge is 0.366 e. The molecule has 0 aliphatic carbocycles. The van der Waals surface area contributed by atoms with Crippen LogP contribution in [-0.2, 0) is 0 Å². The molecule has 0 amide bonds. The van der Waals surface area contributed by atoms with Crippen LogP contribution in [-0.4, -0.2) is 72.1 Å². The summed E-state index contributed by atoms with van der Waals surface area (Å²) in [6.45, 7) is 9.91. The molecule has 1 saturated heterocycles. The molecule has 0 unspecified atom stereocenters. The molecule has 2 aromatic rings. The van der Waals surface area contributed by atoms with Gasteiger partial charge in [0.15, 0.2) is 0 Å². The molecule has 1 aromatic heterocycles. The predicted octanol–water partition coefficient (Wildman–Crippen LogP) is 4.16. The number of anilines is 3. The first-order chi connectivity index (χ1) is 16.5. The lowest BCUT2D eigenvalue weighted by molar-refractivity contribution is -0.383. The molecule has 3 rings (SSSR count). The van der Waals surface area contributed by atoms with Crippen LogP contribution in [0.15, 0.2) is 30.6 Å². The minimum atomic E-state index is -0.410. The van der Waals surface area contributed by atoms with Crippen LogP contribution in [0.4, 0.5) is 27.4 Å². The van der Waals surface area contributed by atoms with Gasteiger partial charge in [-0.15, -0.1) is 0 Å². The summed E-state index contributed by atoms with van der Waals surface area (Å²) in [5.41, 5.74) is 0.452. The van der Waals surface area contributed by atoms with Crippen molar-refractivity contribution in [2.75, 3.05) is 67.5 Å². The fourth-order valence-corrected chi connectivity index (χ4v) is 4.20. The van der Waals surface area contributed by atoms with E-state index in [-0.39, 0.29) is 17.3 Å². The molecule has 0 saturated carbocycles. The molecule has 1 fully saturated rings. The summed E-state index contributed by atoms with van der Waals surface area (Å²) in [5.74, 6) is 0.296. The summed E-state index contributed by atoms with van der Waals surface area (Å²) in [6, 6.07) is 6.68. The van der Waals surface area contributed by atoms with Crippen molar-refractivity contribution in [3.63, 3.8) is 0 Å². The maximum absolute atomic E-state index is 14.2. The molecular weight excluding hydrogens is 437 g/mol. The number of nitrogens with zero attached hydrogens (tertiary/aromatic N) is 6. The van der Waals surface area contributed by atoms with E-state index in [1.165, 1.54) is 12.4 Å². The highest BCUT2D eigenvalue weighted by atomic mass is 19.1. The quantitative estimate of drug-likeness (QED) is 0.343. The Bertz CT molecular complexity index is 914. The summed E-state index contributed by atoms with van der Waals surface area (Å²) in [7, 11) is 0. The van der Waals surface area contributed by atoms with Crippen molar-refractivity contribution in [3.8, 4) is 0 Å². The highest BCUT2D eigenvalue weighted by molar-refractivity contribution is 5.70. The van der Waals surface area contributed by atoms with Gasteiger partial charge < -0.3 is 20.0 Å². The number of nitro groups is 1. The molecule has 1 aromatic carbocycles. The van der Waals surface area contributed by atoms with Gasteiger partial charge in [-0.25, -0.2) is 14.4 Å². The summed E-state index contributed by atoms with van der Waals surface area (Å²) in [4.78, 5) is 26.3. The normalized spacial score (nSPS) is 14.0. The van der Waals surface area contributed by atoms with Crippen molar-refractivity contribution < 1.29 is 9.31 Å². The lowest BCUT2D eigenvalue weighted by Gasteiger charge is -2.36. The van der Waals surface area contributed by atoms with Gasteiger partial charge in [0, 0.05) is 39.3 Å². The molecule has 0 radical (unpaired) electrons. The van der Waals surface area contributed by atoms with E-state index >= 15 is 0 Å². The Labute approximate surface area is 201 Å². The minimum absolute atomic E-state index is 0.101. The number of para-hydroxylation sites is 1. The molecule has 0 spiro atoms. The molecule has 0 bridgehead atoms. The first-order valence-electron chi connectivity index (χ1n) is 12.2. The second-order valence-corrected chi connectivity index (χ2v) is 8.55. The van der Waals surface area contributed by atoms with Gasteiger partial charge in [0.1, 0.15) is 12.1 Å². The van der Waals surface area contributed by atoms with E-state index in [9.17, 15) is 14.5 Å². The van der Waals surface area contributed by atoms with Crippen molar-refractivity contribution in [2.45, 2.75) is 39.5 Å². The number of benzene rings is 1. The number of unbranched alkanes of at least 4 members (excludes halogenated alkanes) is 2. The van der Waals surface area contributed by atoms with E-state index in [1.807, 2.05) is 15.9 Å². The monoisotopic (exact) mass is 473 g/mol. The predicted molar refractivity (Wildman–Crippen MR) is 134 cm³/mol. The van der Waals surface area contributed by atoms with Crippen LogP contribution in [0.3, 0.4) is 0 Å². The smallest absolute Gasteiger partial charge is 0.353 e. The molecule has 9 nitrogen and oxygen atoms in total. The summed E-state index contributed by atoms with van der Waals surface area (Å²) >= 11 is 0. The average Bonchev–Trinajstić information content (AvgIpc) is 2.85. The number of hydrogen-bond acceptors (Lipinski definition) is 8. The zero-order chi connectivity index (χ0) is 24.3. The Hall–Kier alpha value is -3.01. The zero-order valence-electron chi connectivity index (χ0n) is 20.2. The van der Waals surface area contributed by atoms with E-state index in [0.29, 0.717) is 44.2 Å². The Balaban J connectivity index is 1.66. The van der Waals surface area contributed by atoms with Gasteiger partial charge in [-0.3, -0.25) is 10.1 Å². The first-order valence-corrected chi connectivity index (χ1v) is 12.2. The number of nitrogens with one attached hydrogen (secondary N) is 1. The number of piperazine rings is 1. The first kappa shape index (κ1) is 25.6. The van der Waals surface area contributed by atoms with E-state index in [4.69, 9.17) is 0 Å². The van der Waals surface area contributed by atoms with Crippen molar-refractivity contribution >= 4 is 23.0 Å². The summed E-state index contributed by atoms with van der Waals surface area (Å²) in [6.07, 6.45) is 5.93. The van der Waals surface area contributed by atoms with Gasteiger partial charge in [0.25, 0.3) is 0 Å². The molecule has 0 atom stereocenters. The zero-order valence-corrected chi connectivity index (χ0v) is 20.2. The maximum Gasteiger partial charge on any atom is 0.353 e. The highest BCUT2D eigenvalue weighted by Gasteiger charge is 2.29. The highest BCUT2D eigenvalue weighted by Crippen LogP contribution is 2.32. The number of hydrogen-bond donors (Lipinski definition) is 1. The van der Waals surface area contributed by atoms with Crippen LogP contribution >= 0.6 is 0 Å². The standard InChI is InChI=1S/C24H36FN7O2/c1-3-5-12-29(13-6-4-2)14-11-26-23-22(32(33)34)24(28-19-27-23)31-17-15-30(16-18-31)21-10-8-7-9-20(21)25/h7-10,19H,3-6,11-18H2,1-2H3,(H,26,27,28). The minimum Gasteiger partial charge on any atom is -0.366 e. The van der Waals surface area contributed by atoms with E-state index in [0.717, 1.165) is 45.3 Å². The van der Waals surface area contributed by atoms with Gasteiger partial charge in [0.2, 0.25) is 11.6 Å². The lowest BCUT2D eigenvalue weighted by atomic mass is 10.2. The van der Waals surface area contributed by atoms with Crippen molar-refractivity contribution in [2.24, 2.45) is 0 Å². The van der Waals surface area contributed by atoms with E-state index in [1.54, 1.807) is 12.1 Å². The maximum atomic E-state index is 14.2. The fraction of sp³-hybridized carbons (Fsp3) is 0.583. The second-order valence-electron chi connectivity index (χ2n) is 8.55. The second kappa shape index (κ2) is 13.0. The topological polar surface area (TPSA) is 90.7 Å². The number of rotatable bonds is 13. The van der Waals surface area contributed by atoms with Crippen LogP contribution in [0.25, 0.3) is 0 Å². The Kier molecular flexibility index (Phi) is 9.81. The Morgan fingerprint density at radius 3 is 2.29 bits per heavy atom. The summed E-state index contributed by atoms with van der Waals surface area (Å²) < 4.78 is 14.2. The van der Waals surface area contributed by atoms with Crippen LogP contribution in [0, 0.1) is 15.9 Å². The van der Waals surface area contributed by atoms with Gasteiger partial charge in [0.05, 0.1) is 10.6 Å². The Morgan fingerprint density at radius 1 is 1.03 bits per heavy atom. The third-order valence-electron chi connectivity index (χ3n) is 6.13. The fourth-order valence-electron chi connectivity index (χ4n) is 4.20. The van der Waals surface area contributed by atoms with Crippen molar-refractivity contribution in [1.82, 2.24) is 14.9 Å². The van der Waals surface area contributed by atoms with E-state index < -0.39 is 4.92 Å². The van der Waals surface area contributed by atoms with Crippen LogP contribution in [0.5, 0.6) is 0 Å². The molecule has 2 heterocycles. The number of halogens is 1. The summed E-state index contributed by atoms with van der Waals surface area (Å²) in [5, 5.41) is 15.2. The molecule has 34 heavy (non-hydrogen) atoms. The van der Waals surface area contributed by atoms with Gasteiger partial charge in [-0.2, -0.15) is 0 Å². The van der Waals surface area contributed by atoms with Gasteiger partial charge in [-0.05, 0) is 38.1 Å². The van der Waals surface area contributed by atoms with Gasteiger partial charge >= 0.3 is 5.69 Å². The van der Waals surface area contributed by atoms with Crippen LogP contribution in [0.2, 0.25) is 0 Å². The molecule has 1 aliphatic rings. The number of aromatic nitrogens is 2. The van der Waals surface area contributed by atoms with Crippen LogP contribution < -0.4 is 15.1 Å². The van der Waals surface area contributed by atoms with E-state index in [2.05, 4.69) is 34.0 Å². The average molecular weight is 474 g/mol. The molecule has 1 aliphatic heterocycles. The van der Waals surface area contributed by atoms with Crippen LogP contribution in [0.1, 0.15) is 39.5 Å². The molecule has 186 valence electrons. The molecular formula is C24H36FN7O2. The third kappa shape index (κ3) is 6.75. The van der Waals surface area contributed by atoms with Crippen molar-refractivity contribution in [1.29, 1.82) is 0 Å².